The maximum Gasteiger partial charge on any atom is 0.435 e. The number of aliphatic hydroxyl groups is 1. The summed E-state index contributed by atoms with van der Waals surface area (Å²) < 4.78 is 45.1. The highest BCUT2D eigenvalue weighted by Gasteiger charge is 2.36. The number of halogens is 3. The molecule has 2 rings (SSSR count). The molecule has 0 radical (unpaired) electrons. The van der Waals surface area contributed by atoms with Crippen molar-refractivity contribution >= 4 is 10.9 Å². The van der Waals surface area contributed by atoms with E-state index in [1.54, 1.807) is 0 Å². The molecule has 0 fully saturated rings. The fourth-order valence-corrected chi connectivity index (χ4v) is 2.06. The number of ether oxygens (including phenoxy) is 1. The standard InChI is InChI=1S/C13H15F3N2O2/c1-20-6-2-5-18-11-7-9(8-19)3-4-10(11)12(17-18)13(14,15)16/h3-4,7,19H,2,5-6,8H2,1H3. The molecule has 0 amide bonds. The maximum atomic E-state index is 13.0. The highest BCUT2D eigenvalue weighted by molar-refractivity contribution is 5.83. The Morgan fingerprint density at radius 3 is 2.70 bits per heavy atom. The van der Waals surface area contributed by atoms with Gasteiger partial charge in [0.2, 0.25) is 0 Å². The Bertz CT molecular complexity index is 593. The second-order valence-corrected chi connectivity index (χ2v) is 4.43. The van der Waals surface area contributed by atoms with Crippen LogP contribution in [0.15, 0.2) is 18.2 Å². The Morgan fingerprint density at radius 2 is 2.10 bits per heavy atom. The van der Waals surface area contributed by atoms with Crippen molar-refractivity contribution in [2.24, 2.45) is 0 Å². The lowest BCUT2D eigenvalue weighted by Gasteiger charge is -2.03. The van der Waals surface area contributed by atoms with Gasteiger partial charge in [-0.2, -0.15) is 18.3 Å². The zero-order chi connectivity index (χ0) is 14.8. The zero-order valence-corrected chi connectivity index (χ0v) is 10.9. The number of methoxy groups -OCH3 is 1. The van der Waals surface area contributed by atoms with Gasteiger partial charge in [-0.15, -0.1) is 0 Å². The van der Waals surface area contributed by atoms with Gasteiger partial charge in [-0.05, 0) is 18.1 Å². The van der Waals surface area contributed by atoms with Crippen molar-refractivity contribution in [2.45, 2.75) is 25.7 Å². The van der Waals surface area contributed by atoms with Crippen LogP contribution in [0, 0.1) is 0 Å². The van der Waals surface area contributed by atoms with Gasteiger partial charge in [-0.25, -0.2) is 0 Å². The lowest BCUT2D eigenvalue weighted by Crippen LogP contribution is -2.09. The number of rotatable bonds is 5. The minimum Gasteiger partial charge on any atom is -0.392 e. The van der Waals surface area contributed by atoms with Gasteiger partial charge < -0.3 is 9.84 Å². The number of aromatic nitrogens is 2. The van der Waals surface area contributed by atoms with Crippen LogP contribution in [0.1, 0.15) is 17.7 Å². The summed E-state index contributed by atoms with van der Waals surface area (Å²) in [7, 11) is 1.53. The number of hydrogen-bond donors (Lipinski definition) is 1. The normalized spacial score (nSPS) is 12.2. The molecule has 1 N–H and O–H groups in total. The predicted octanol–water partition coefficient (Wildman–Crippen LogP) is 2.58. The van der Waals surface area contributed by atoms with E-state index in [0.29, 0.717) is 30.7 Å². The van der Waals surface area contributed by atoms with Crippen LogP contribution in [0.3, 0.4) is 0 Å². The average molecular weight is 288 g/mol. The zero-order valence-electron chi connectivity index (χ0n) is 10.9. The van der Waals surface area contributed by atoms with E-state index < -0.39 is 11.9 Å². The minimum atomic E-state index is -4.49. The number of benzene rings is 1. The molecule has 20 heavy (non-hydrogen) atoms. The molecule has 0 saturated heterocycles. The van der Waals surface area contributed by atoms with Crippen LogP contribution >= 0.6 is 0 Å². The molecule has 0 bridgehead atoms. The lowest BCUT2D eigenvalue weighted by molar-refractivity contribution is -0.140. The number of aliphatic hydroxyl groups excluding tert-OH is 1. The van der Waals surface area contributed by atoms with Crippen LogP contribution < -0.4 is 0 Å². The molecule has 1 aromatic heterocycles. The van der Waals surface area contributed by atoms with Gasteiger partial charge >= 0.3 is 6.18 Å². The van der Waals surface area contributed by atoms with Crippen LogP contribution in [-0.4, -0.2) is 28.6 Å². The quantitative estimate of drug-likeness (QED) is 0.860. The third-order valence-corrected chi connectivity index (χ3v) is 2.99. The molecule has 2 aromatic rings. The van der Waals surface area contributed by atoms with Crippen LogP contribution in [0.25, 0.3) is 10.9 Å². The van der Waals surface area contributed by atoms with E-state index >= 15 is 0 Å². The summed E-state index contributed by atoms with van der Waals surface area (Å²) in [6.07, 6.45) is -3.93. The molecule has 0 unspecified atom stereocenters. The van der Waals surface area contributed by atoms with Crippen LogP contribution in [0.5, 0.6) is 0 Å². The summed E-state index contributed by atoms with van der Waals surface area (Å²) in [6, 6.07) is 4.35. The Kier molecular flexibility index (Phi) is 4.29. The van der Waals surface area contributed by atoms with E-state index in [1.807, 2.05) is 0 Å². The molecular weight excluding hydrogens is 273 g/mol. The summed E-state index contributed by atoms with van der Waals surface area (Å²) in [5.74, 6) is 0. The maximum absolute atomic E-state index is 13.0. The lowest BCUT2D eigenvalue weighted by atomic mass is 10.1. The fraction of sp³-hybridized carbons (Fsp3) is 0.462. The molecule has 110 valence electrons. The van der Waals surface area contributed by atoms with Gasteiger partial charge in [0.15, 0.2) is 5.69 Å². The van der Waals surface area contributed by atoms with E-state index in [0.717, 1.165) is 0 Å². The Balaban J connectivity index is 2.49. The fourth-order valence-electron chi connectivity index (χ4n) is 2.06. The van der Waals surface area contributed by atoms with Crippen molar-refractivity contribution in [2.75, 3.05) is 13.7 Å². The highest BCUT2D eigenvalue weighted by atomic mass is 19.4. The first kappa shape index (κ1) is 14.8. The molecule has 0 aliphatic carbocycles. The summed E-state index contributed by atoms with van der Waals surface area (Å²) in [5, 5.41) is 12.8. The topological polar surface area (TPSA) is 47.3 Å². The number of nitrogens with zero attached hydrogens (tertiary/aromatic N) is 2. The van der Waals surface area contributed by atoms with Gasteiger partial charge in [0.25, 0.3) is 0 Å². The smallest absolute Gasteiger partial charge is 0.392 e. The highest BCUT2D eigenvalue weighted by Crippen LogP contribution is 2.34. The SMILES string of the molecule is COCCCn1nc(C(F)(F)F)c2ccc(CO)cc21. The summed E-state index contributed by atoms with van der Waals surface area (Å²) in [6.45, 7) is 0.554. The van der Waals surface area contributed by atoms with E-state index in [9.17, 15) is 13.2 Å². The van der Waals surface area contributed by atoms with Gasteiger partial charge in [0.05, 0.1) is 12.1 Å². The molecule has 0 spiro atoms. The molecule has 0 saturated carbocycles. The minimum absolute atomic E-state index is 0.0483. The molecule has 0 aliphatic heterocycles. The van der Waals surface area contributed by atoms with Gasteiger partial charge in [-0.1, -0.05) is 12.1 Å². The van der Waals surface area contributed by atoms with Crippen molar-refractivity contribution in [3.05, 3.63) is 29.5 Å². The monoisotopic (exact) mass is 288 g/mol. The summed E-state index contributed by atoms with van der Waals surface area (Å²) in [4.78, 5) is 0. The van der Waals surface area contributed by atoms with Crippen LogP contribution in [-0.2, 0) is 24.1 Å². The van der Waals surface area contributed by atoms with Crippen LogP contribution in [0.4, 0.5) is 13.2 Å². The summed E-state index contributed by atoms with van der Waals surface area (Å²) in [5.41, 5.74) is 0.0356. The molecule has 0 atom stereocenters. The largest absolute Gasteiger partial charge is 0.435 e. The van der Waals surface area contributed by atoms with Gasteiger partial charge in [-0.3, -0.25) is 4.68 Å². The first-order valence-electron chi connectivity index (χ1n) is 6.14. The van der Waals surface area contributed by atoms with Gasteiger partial charge in [0.1, 0.15) is 0 Å². The first-order chi connectivity index (χ1) is 9.47. The van der Waals surface area contributed by atoms with Crippen molar-refractivity contribution in [3.63, 3.8) is 0 Å². The molecular formula is C13H15F3N2O2. The Hall–Kier alpha value is -1.60. The van der Waals surface area contributed by atoms with Crippen molar-refractivity contribution in [3.8, 4) is 0 Å². The second kappa shape index (κ2) is 5.80. The molecule has 1 heterocycles. The third kappa shape index (κ3) is 2.94. The second-order valence-electron chi connectivity index (χ2n) is 4.43. The van der Waals surface area contributed by atoms with E-state index in [4.69, 9.17) is 9.84 Å². The molecule has 0 aliphatic rings. The van der Waals surface area contributed by atoms with Crippen molar-refractivity contribution in [1.29, 1.82) is 0 Å². The first-order valence-corrected chi connectivity index (χ1v) is 6.14. The Morgan fingerprint density at radius 1 is 1.35 bits per heavy atom. The number of alkyl halides is 3. The van der Waals surface area contributed by atoms with Crippen molar-refractivity contribution in [1.82, 2.24) is 9.78 Å². The van der Waals surface area contributed by atoms with E-state index in [1.165, 1.54) is 30.0 Å². The number of hydrogen-bond acceptors (Lipinski definition) is 3. The number of aryl methyl sites for hydroxylation is 1. The number of fused-ring (bicyclic) bond motifs is 1. The predicted molar refractivity (Wildman–Crippen MR) is 67.2 cm³/mol. The van der Waals surface area contributed by atoms with Gasteiger partial charge in [0, 0.05) is 25.6 Å². The van der Waals surface area contributed by atoms with E-state index in [-0.39, 0.29) is 12.0 Å². The molecule has 4 nitrogen and oxygen atoms in total. The summed E-state index contributed by atoms with van der Waals surface area (Å²) >= 11 is 0. The Labute approximate surface area is 113 Å². The molecule has 7 heteroatoms. The average Bonchev–Trinajstić information content (AvgIpc) is 2.77. The third-order valence-electron chi connectivity index (χ3n) is 2.99. The van der Waals surface area contributed by atoms with Crippen LogP contribution in [0.2, 0.25) is 0 Å². The molecule has 1 aromatic carbocycles. The van der Waals surface area contributed by atoms with Crippen molar-refractivity contribution < 1.29 is 23.0 Å². The van der Waals surface area contributed by atoms with E-state index in [2.05, 4.69) is 5.10 Å².